The van der Waals surface area contributed by atoms with Crippen molar-refractivity contribution in [1.82, 2.24) is 4.90 Å². The number of furan rings is 1. The molecule has 3 aromatic rings. The average Bonchev–Trinajstić information content (AvgIpc) is 3.17. The Morgan fingerprint density at radius 1 is 1.08 bits per heavy atom. The summed E-state index contributed by atoms with van der Waals surface area (Å²) in [7, 11) is 1.63. The van der Waals surface area contributed by atoms with E-state index in [1.54, 1.807) is 36.3 Å². The number of nitrogens with zero attached hydrogens (tertiary/aromatic N) is 1. The lowest BCUT2D eigenvalue weighted by molar-refractivity contribution is 0.0703. The number of hydrogen-bond acceptors (Lipinski definition) is 3. The third-order valence-corrected chi connectivity index (χ3v) is 4.66. The largest absolute Gasteiger partial charge is 0.497 e. The lowest BCUT2D eigenvalue weighted by Crippen LogP contribution is -2.35. The van der Waals surface area contributed by atoms with E-state index in [9.17, 15) is 9.18 Å². The first-order chi connectivity index (χ1) is 12.6. The minimum atomic E-state index is -0.306. The number of methoxy groups -OCH3 is 1. The predicted octanol–water partition coefficient (Wildman–Crippen LogP) is 4.29. The van der Waals surface area contributed by atoms with Gasteiger partial charge in [0.1, 0.15) is 17.3 Å². The number of amides is 1. The molecule has 1 aromatic heterocycles. The predicted molar refractivity (Wildman–Crippen MR) is 95.5 cm³/mol. The van der Waals surface area contributed by atoms with Crippen LogP contribution in [0.2, 0.25) is 0 Å². The molecule has 26 heavy (non-hydrogen) atoms. The molecule has 4 nitrogen and oxygen atoms in total. The third kappa shape index (κ3) is 3.08. The van der Waals surface area contributed by atoms with Gasteiger partial charge in [0, 0.05) is 18.7 Å². The Hall–Kier alpha value is -3.08. The SMILES string of the molecule is COc1ccc2c(c1)CN(C(=O)c1ccc(-c3ccc(F)cc3)o1)CC2. The first-order valence-electron chi connectivity index (χ1n) is 8.45. The van der Waals surface area contributed by atoms with Crippen LogP contribution in [-0.4, -0.2) is 24.5 Å². The van der Waals surface area contributed by atoms with Crippen molar-refractivity contribution in [3.05, 3.63) is 77.3 Å². The molecule has 4 rings (SSSR count). The van der Waals surface area contributed by atoms with Gasteiger partial charge in [-0.25, -0.2) is 4.39 Å². The summed E-state index contributed by atoms with van der Waals surface area (Å²) >= 11 is 0. The van der Waals surface area contributed by atoms with Gasteiger partial charge in [-0.2, -0.15) is 0 Å². The first-order valence-corrected chi connectivity index (χ1v) is 8.45. The molecule has 1 aliphatic heterocycles. The Bertz CT molecular complexity index is 946. The molecule has 0 saturated carbocycles. The van der Waals surface area contributed by atoms with Crippen LogP contribution in [0.5, 0.6) is 5.75 Å². The number of ether oxygens (including phenoxy) is 1. The number of rotatable bonds is 3. The highest BCUT2D eigenvalue weighted by atomic mass is 19.1. The molecular weight excluding hydrogens is 333 g/mol. The van der Waals surface area contributed by atoms with Gasteiger partial charge in [-0.1, -0.05) is 6.07 Å². The van der Waals surface area contributed by atoms with E-state index in [0.29, 0.717) is 18.8 Å². The van der Waals surface area contributed by atoms with Gasteiger partial charge in [0.25, 0.3) is 5.91 Å². The molecule has 2 aromatic carbocycles. The maximum atomic E-state index is 13.1. The normalized spacial score (nSPS) is 13.4. The van der Waals surface area contributed by atoms with Crippen LogP contribution in [0.25, 0.3) is 11.3 Å². The quantitative estimate of drug-likeness (QED) is 0.707. The monoisotopic (exact) mass is 351 g/mol. The molecule has 132 valence electrons. The smallest absolute Gasteiger partial charge is 0.289 e. The maximum Gasteiger partial charge on any atom is 0.289 e. The minimum Gasteiger partial charge on any atom is -0.497 e. The summed E-state index contributed by atoms with van der Waals surface area (Å²) in [4.78, 5) is 14.6. The highest BCUT2D eigenvalue weighted by molar-refractivity contribution is 5.92. The van der Waals surface area contributed by atoms with Crippen molar-refractivity contribution in [1.29, 1.82) is 0 Å². The molecule has 0 unspecified atom stereocenters. The molecule has 5 heteroatoms. The summed E-state index contributed by atoms with van der Waals surface area (Å²) in [5.74, 6) is 1.17. The topological polar surface area (TPSA) is 42.7 Å². The zero-order chi connectivity index (χ0) is 18.1. The molecule has 0 N–H and O–H groups in total. The summed E-state index contributed by atoms with van der Waals surface area (Å²) in [6, 6.07) is 15.4. The highest BCUT2D eigenvalue weighted by Crippen LogP contribution is 2.27. The zero-order valence-electron chi connectivity index (χ0n) is 14.4. The van der Waals surface area contributed by atoms with E-state index in [1.807, 2.05) is 12.1 Å². The van der Waals surface area contributed by atoms with Crippen molar-refractivity contribution < 1.29 is 18.3 Å². The number of carbonyl (C=O) groups is 1. The first kappa shape index (κ1) is 16.4. The van der Waals surface area contributed by atoms with Crippen LogP contribution in [0.15, 0.2) is 59.0 Å². The second-order valence-electron chi connectivity index (χ2n) is 6.28. The van der Waals surface area contributed by atoms with E-state index < -0.39 is 0 Å². The Morgan fingerprint density at radius 3 is 2.65 bits per heavy atom. The van der Waals surface area contributed by atoms with Crippen LogP contribution in [-0.2, 0) is 13.0 Å². The second kappa shape index (κ2) is 6.67. The van der Waals surface area contributed by atoms with E-state index >= 15 is 0 Å². The van der Waals surface area contributed by atoms with Gasteiger partial charge in [0.2, 0.25) is 0 Å². The lowest BCUT2D eigenvalue weighted by Gasteiger charge is -2.28. The van der Waals surface area contributed by atoms with Gasteiger partial charge < -0.3 is 14.1 Å². The Labute approximate surface area is 150 Å². The van der Waals surface area contributed by atoms with Crippen LogP contribution in [0.3, 0.4) is 0 Å². The fraction of sp³-hybridized carbons (Fsp3) is 0.190. The average molecular weight is 351 g/mol. The molecular formula is C21H18FNO3. The van der Waals surface area contributed by atoms with Crippen LogP contribution in [0.4, 0.5) is 4.39 Å². The second-order valence-corrected chi connectivity index (χ2v) is 6.28. The van der Waals surface area contributed by atoms with Crippen molar-refractivity contribution in [2.45, 2.75) is 13.0 Å². The maximum absolute atomic E-state index is 13.1. The molecule has 0 atom stereocenters. The fourth-order valence-corrected chi connectivity index (χ4v) is 3.21. The van der Waals surface area contributed by atoms with Crippen LogP contribution in [0.1, 0.15) is 21.7 Å². The number of hydrogen-bond donors (Lipinski definition) is 0. The number of benzene rings is 2. The van der Waals surface area contributed by atoms with Crippen LogP contribution < -0.4 is 4.74 Å². The lowest BCUT2D eigenvalue weighted by atomic mass is 9.99. The number of carbonyl (C=O) groups excluding carboxylic acids is 1. The molecule has 0 aliphatic carbocycles. The molecule has 0 saturated heterocycles. The molecule has 0 fully saturated rings. The fourth-order valence-electron chi connectivity index (χ4n) is 3.21. The van der Waals surface area contributed by atoms with Crippen LogP contribution in [0, 0.1) is 5.82 Å². The summed E-state index contributed by atoms with van der Waals surface area (Å²) < 4.78 is 24.0. The van der Waals surface area contributed by atoms with Crippen molar-refractivity contribution in [2.75, 3.05) is 13.7 Å². The summed E-state index contributed by atoms with van der Waals surface area (Å²) in [6.45, 7) is 1.17. The van der Waals surface area contributed by atoms with Crippen molar-refractivity contribution >= 4 is 5.91 Å². The van der Waals surface area contributed by atoms with Gasteiger partial charge in [-0.3, -0.25) is 4.79 Å². The van der Waals surface area contributed by atoms with Crippen LogP contribution >= 0.6 is 0 Å². The van der Waals surface area contributed by atoms with Crippen molar-refractivity contribution in [2.24, 2.45) is 0 Å². The molecule has 0 spiro atoms. The molecule has 0 bridgehead atoms. The molecule has 1 aliphatic rings. The van der Waals surface area contributed by atoms with Crippen molar-refractivity contribution in [3.63, 3.8) is 0 Å². The summed E-state index contributed by atoms with van der Waals surface area (Å²) in [5.41, 5.74) is 3.06. The standard InChI is InChI=1S/C21H18FNO3/c1-25-18-7-4-14-10-11-23(13-16(14)12-18)21(24)20-9-8-19(26-20)15-2-5-17(22)6-3-15/h2-9,12H,10-11,13H2,1H3. The molecule has 0 radical (unpaired) electrons. The Balaban J connectivity index is 1.54. The number of halogens is 1. The molecule has 2 heterocycles. The van der Waals surface area contributed by atoms with E-state index in [-0.39, 0.29) is 17.5 Å². The van der Waals surface area contributed by atoms with Gasteiger partial charge in [0.15, 0.2) is 5.76 Å². The summed E-state index contributed by atoms with van der Waals surface area (Å²) in [6.07, 6.45) is 0.802. The minimum absolute atomic E-state index is 0.146. The van der Waals surface area contributed by atoms with Crippen molar-refractivity contribution in [3.8, 4) is 17.1 Å². The zero-order valence-corrected chi connectivity index (χ0v) is 14.4. The van der Waals surface area contributed by atoms with E-state index in [1.165, 1.54) is 17.7 Å². The van der Waals surface area contributed by atoms with Gasteiger partial charge in [-0.05, 0) is 66.1 Å². The Kier molecular flexibility index (Phi) is 4.21. The number of fused-ring (bicyclic) bond motifs is 1. The van der Waals surface area contributed by atoms with Gasteiger partial charge in [0.05, 0.1) is 7.11 Å². The van der Waals surface area contributed by atoms with E-state index in [0.717, 1.165) is 23.3 Å². The summed E-state index contributed by atoms with van der Waals surface area (Å²) in [5, 5.41) is 0. The molecule has 1 amide bonds. The Morgan fingerprint density at radius 2 is 1.88 bits per heavy atom. The van der Waals surface area contributed by atoms with Gasteiger partial charge in [-0.15, -0.1) is 0 Å². The van der Waals surface area contributed by atoms with E-state index in [4.69, 9.17) is 9.15 Å². The van der Waals surface area contributed by atoms with E-state index in [2.05, 4.69) is 6.07 Å². The third-order valence-electron chi connectivity index (χ3n) is 4.66. The van der Waals surface area contributed by atoms with Gasteiger partial charge >= 0.3 is 0 Å². The highest BCUT2D eigenvalue weighted by Gasteiger charge is 2.24.